The van der Waals surface area contributed by atoms with Crippen molar-refractivity contribution in [3.05, 3.63) is 54.1 Å². The highest BCUT2D eigenvalue weighted by Gasteiger charge is 2.30. The van der Waals surface area contributed by atoms with Gasteiger partial charge in [0.2, 0.25) is 5.95 Å². The van der Waals surface area contributed by atoms with Crippen molar-refractivity contribution in [1.82, 2.24) is 15.3 Å². The van der Waals surface area contributed by atoms with Crippen LogP contribution < -0.4 is 10.2 Å². The first kappa shape index (κ1) is 14.2. The monoisotopic (exact) mass is 302 g/mol. The molecule has 1 aliphatic heterocycles. The molecule has 1 amide bonds. The first-order valence-corrected chi connectivity index (χ1v) is 6.90. The van der Waals surface area contributed by atoms with Gasteiger partial charge in [0.15, 0.2) is 5.82 Å². The molecule has 0 aliphatic carbocycles. The molecular formula is C15H15FN4O2. The molecule has 0 unspecified atom stereocenters. The highest BCUT2D eigenvalue weighted by Crippen LogP contribution is 2.15. The third-order valence-electron chi connectivity index (χ3n) is 3.31. The quantitative estimate of drug-likeness (QED) is 0.931. The summed E-state index contributed by atoms with van der Waals surface area (Å²) in [4.78, 5) is 21.3. The molecule has 1 aromatic heterocycles. The number of ether oxygens (including phenoxy) is 1. The lowest BCUT2D eigenvalue weighted by atomic mass is 10.1. The van der Waals surface area contributed by atoms with Crippen LogP contribution in [-0.4, -0.2) is 35.2 Å². The molecule has 2 heterocycles. The van der Waals surface area contributed by atoms with E-state index in [1.165, 1.54) is 0 Å². The Hall–Kier alpha value is -2.70. The van der Waals surface area contributed by atoms with Gasteiger partial charge in [-0.2, -0.15) is 0 Å². The Labute approximate surface area is 126 Å². The van der Waals surface area contributed by atoms with Crippen molar-refractivity contribution in [2.24, 2.45) is 0 Å². The minimum atomic E-state index is -0.469. The maximum atomic E-state index is 12.7. The second kappa shape index (κ2) is 6.38. The van der Waals surface area contributed by atoms with Crippen molar-refractivity contribution in [3.8, 4) is 0 Å². The Balaban J connectivity index is 1.40. The van der Waals surface area contributed by atoms with Gasteiger partial charge < -0.3 is 15.0 Å². The van der Waals surface area contributed by atoms with Crippen LogP contribution in [0, 0.1) is 5.82 Å². The van der Waals surface area contributed by atoms with E-state index in [2.05, 4.69) is 15.3 Å². The van der Waals surface area contributed by atoms with Gasteiger partial charge in [-0.1, -0.05) is 30.3 Å². The van der Waals surface area contributed by atoms with Gasteiger partial charge in [0.05, 0.1) is 18.4 Å². The van der Waals surface area contributed by atoms with E-state index >= 15 is 0 Å². The molecule has 7 heteroatoms. The summed E-state index contributed by atoms with van der Waals surface area (Å²) in [5.74, 6) is -0.0134. The summed E-state index contributed by atoms with van der Waals surface area (Å²) >= 11 is 0. The highest BCUT2D eigenvalue weighted by molar-refractivity contribution is 5.68. The molecule has 2 aromatic rings. The van der Waals surface area contributed by atoms with Crippen LogP contribution >= 0.6 is 0 Å². The molecule has 6 nitrogen and oxygen atoms in total. The zero-order valence-electron chi connectivity index (χ0n) is 11.8. The van der Waals surface area contributed by atoms with Crippen LogP contribution in [0.25, 0.3) is 0 Å². The van der Waals surface area contributed by atoms with Crippen LogP contribution in [0.1, 0.15) is 5.56 Å². The Kier molecular flexibility index (Phi) is 4.13. The smallest absolute Gasteiger partial charge is 0.407 e. The molecule has 1 fully saturated rings. The molecule has 0 bridgehead atoms. The van der Waals surface area contributed by atoms with E-state index in [1.807, 2.05) is 35.2 Å². The first-order valence-electron chi connectivity index (χ1n) is 6.90. The van der Waals surface area contributed by atoms with Gasteiger partial charge in [-0.05, 0) is 5.56 Å². The lowest BCUT2D eigenvalue weighted by Gasteiger charge is -2.39. The number of benzene rings is 1. The zero-order chi connectivity index (χ0) is 15.4. The number of nitrogens with zero attached hydrogens (tertiary/aromatic N) is 3. The molecule has 1 N–H and O–H groups in total. The fourth-order valence-electron chi connectivity index (χ4n) is 2.13. The maximum absolute atomic E-state index is 12.7. The van der Waals surface area contributed by atoms with Gasteiger partial charge in [-0.3, -0.25) is 0 Å². The molecule has 0 saturated carbocycles. The van der Waals surface area contributed by atoms with E-state index in [1.54, 1.807) is 0 Å². The van der Waals surface area contributed by atoms with Gasteiger partial charge in [0.1, 0.15) is 6.61 Å². The summed E-state index contributed by atoms with van der Waals surface area (Å²) in [5.41, 5.74) is 0.938. The van der Waals surface area contributed by atoms with Crippen molar-refractivity contribution in [2.45, 2.75) is 12.6 Å². The van der Waals surface area contributed by atoms with E-state index in [4.69, 9.17) is 4.74 Å². The number of carbonyl (C=O) groups is 1. The minimum Gasteiger partial charge on any atom is -0.445 e. The lowest BCUT2D eigenvalue weighted by molar-refractivity contribution is 0.133. The Morgan fingerprint density at radius 2 is 1.95 bits per heavy atom. The van der Waals surface area contributed by atoms with E-state index in [0.29, 0.717) is 19.0 Å². The number of alkyl carbamates (subject to hydrolysis) is 1. The molecule has 1 aliphatic rings. The summed E-state index contributed by atoms with van der Waals surface area (Å²) in [7, 11) is 0. The number of aromatic nitrogens is 2. The molecule has 0 spiro atoms. The number of amides is 1. The van der Waals surface area contributed by atoms with E-state index in [0.717, 1.165) is 18.0 Å². The van der Waals surface area contributed by atoms with Crippen molar-refractivity contribution >= 4 is 12.0 Å². The second-order valence-electron chi connectivity index (χ2n) is 5.01. The average molecular weight is 302 g/mol. The molecule has 22 heavy (non-hydrogen) atoms. The fraction of sp³-hybridized carbons (Fsp3) is 0.267. The summed E-state index contributed by atoms with van der Waals surface area (Å²) in [5, 5.41) is 2.77. The SMILES string of the molecule is O=C(NC1CN(c2ncc(F)cn2)C1)OCc1ccccc1. The molecule has 1 saturated heterocycles. The number of hydrogen-bond donors (Lipinski definition) is 1. The number of nitrogens with one attached hydrogen (secondary N) is 1. The molecule has 0 atom stereocenters. The predicted molar refractivity (Wildman–Crippen MR) is 77.8 cm³/mol. The van der Waals surface area contributed by atoms with Gasteiger partial charge in [-0.25, -0.2) is 19.2 Å². The topological polar surface area (TPSA) is 67.4 Å². The van der Waals surface area contributed by atoms with Gasteiger partial charge in [0.25, 0.3) is 0 Å². The summed E-state index contributed by atoms with van der Waals surface area (Å²) < 4.78 is 17.9. The first-order chi connectivity index (χ1) is 10.7. The number of hydrogen-bond acceptors (Lipinski definition) is 5. The number of carbonyl (C=O) groups excluding carboxylic acids is 1. The lowest BCUT2D eigenvalue weighted by Crippen LogP contribution is -2.60. The summed E-state index contributed by atoms with van der Waals surface area (Å²) in [6.07, 6.45) is 1.79. The number of rotatable bonds is 4. The molecule has 3 rings (SSSR count). The average Bonchev–Trinajstić information content (AvgIpc) is 2.51. The normalized spacial score (nSPS) is 14.3. The van der Waals surface area contributed by atoms with Gasteiger partial charge in [-0.15, -0.1) is 0 Å². The van der Waals surface area contributed by atoms with Crippen LogP contribution in [-0.2, 0) is 11.3 Å². The zero-order valence-corrected chi connectivity index (χ0v) is 11.8. The van der Waals surface area contributed by atoms with Crippen LogP contribution in [0.5, 0.6) is 0 Å². The van der Waals surface area contributed by atoms with Crippen molar-refractivity contribution < 1.29 is 13.9 Å². The van der Waals surface area contributed by atoms with E-state index < -0.39 is 11.9 Å². The molecule has 1 aromatic carbocycles. The third-order valence-corrected chi connectivity index (χ3v) is 3.31. The standard InChI is InChI=1S/C15H15FN4O2/c16-12-6-17-14(18-7-12)20-8-13(9-20)19-15(21)22-10-11-4-2-1-3-5-11/h1-7,13H,8-10H2,(H,19,21). The number of anilines is 1. The third kappa shape index (κ3) is 3.49. The van der Waals surface area contributed by atoms with Crippen LogP contribution in [0.2, 0.25) is 0 Å². The van der Waals surface area contributed by atoms with Crippen molar-refractivity contribution in [3.63, 3.8) is 0 Å². The molecule has 114 valence electrons. The number of halogens is 1. The molecule has 0 radical (unpaired) electrons. The minimum absolute atomic E-state index is 0.0167. The van der Waals surface area contributed by atoms with Gasteiger partial charge in [0, 0.05) is 13.1 Å². The fourth-order valence-corrected chi connectivity index (χ4v) is 2.13. The van der Waals surface area contributed by atoms with Crippen LogP contribution in [0.3, 0.4) is 0 Å². The van der Waals surface area contributed by atoms with E-state index in [9.17, 15) is 9.18 Å². The Morgan fingerprint density at radius 1 is 1.27 bits per heavy atom. The Bertz CT molecular complexity index is 630. The summed E-state index contributed by atoms with van der Waals surface area (Å²) in [6, 6.07) is 9.46. The largest absolute Gasteiger partial charge is 0.445 e. The summed E-state index contributed by atoms with van der Waals surface area (Å²) in [6.45, 7) is 1.39. The molecular weight excluding hydrogens is 287 g/mol. The Morgan fingerprint density at radius 3 is 2.64 bits per heavy atom. The maximum Gasteiger partial charge on any atom is 0.407 e. The van der Waals surface area contributed by atoms with Crippen LogP contribution in [0.15, 0.2) is 42.7 Å². The highest BCUT2D eigenvalue weighted by atomic mass is 19.1. The predicted octanol–water partition coefficient (Wildman–Crippen LogP) is 1.73. The van der Waals surface area contributed by atoms with Gasteiger partial charge >= 0.3 is 6.09 Å². The van der Waals surface area contributed by atoms with Crippen molar-refractivity contribution in [1.29, 1.82) is 0 Å². The van der Waals surface area contributed by atoms with Crippen LogP contribution in [0.4, 0.5) is 15.1 Å². The van der Waals surface area contributed by atoms with Crippen molar-refractivity contribution in [2.75, 3.05) is 18.0 Å². The second-order valence-corrected chi connectivity index (χ2v) is 5.01. The van der Waals surface area contributed by atoms with E-state index in [-0.39, 0.29) is 12.6 Å².